The van der Waals surface area contributed by atoms with Gasteiger partial charge in [-0.2, -0.15) is 0 Å². The predicted octanol–water partition coefficient (Wildman–Crippen LogP) is 5.33. The smallest absolute Gasteiger partial charge is 0.308 e. The number of aliphatic carboxylic acids is 1. The van der Waals surface area contributed by atoms with Crippen LogP contribution in [0, 0.1) is 22.7 Å². The molecule has 2 unspecified atom stereocenters. The number of carbonyl (C=O) groups is 2. The highest BCUT2D eigenvalue weighted by molar-refractivity contribution is 5.71. The van der Waals surface area contributed by atoms with E-state index in [0.29, 0.717) is 12.3 Å². The van der Waals surface area contributed by atoms with Crippen molar-refractivity contribution >= 4 is 11.9 Å². The Labute approximate surface area is 213 Å². The summed E-state index contributed by atoms with van der Waals surface area (Å²) in [5.74, 6) is -0.909. The van der Waals surface area contributed by atoms with E-state index >= 15 is 0 Å². The first-order valence-corrected chi connectivity index (χ1v) is 13.5. The van der Waals surface area contributed by atoms with Crippen molar-refractivity contribution in [2.45, 2.75) is 144 Å². The maximum absolute atomic E-state index is 11.3. The van der Waals surface area contributed by atoms with E-state index in [2.05, 4.69) is 48.5 Å². The highest BCUT2D eigenvalue weighted by Crippen LogP contribution is 2.35. The number of esters is 1. The van der Waals surface area contributed by atoms with Gasteiger partial charge in [0.15, 0.2) is 0 Å². The molecule has 1 rings (SSSR count). The Morgan fingerprint density at radius 2 is 1.54 bits per heavy atom. The zero-order chi connectivity index (χ0) is 27.4. The third-order valence-electron chi connectivity index (χ3n) is 7.01. The number of carboxylic acid groups (broad SMARTS) is 1. The fourth-order valence-electron chi connectivity index (χ4n) is 5.52. The minimum absolute atomic E-state index is 0.0648. The lowest BCUT2D eigenvalue weighted by Crippen LogP contribution is -2.37. The molecule has 7 nitrogen and oxygen atoms in total. The third-order valence-corrected chi connectivity index (χ3v) is 7.01. The summed E-state index contributed by atoms with van der Waals surface area (Å²) in [5, 5.41) is 37.6. The Morgan fingerprint density at radius 3 is 2.00 bits per heavy atom. The van der Waals surface area contributed by atoms with Crippen molar-refractivity contribution in [1.29, 1.82) is 0 Å². The topological polar surface area (TPSA) is 124 Å². The maximum Gasteiger partial charge on any atom is 0.308 e. The lowest BCUT2D eigenvalue weighted by molar-refractivity contribution is -0.164. The molecule has 1 aliphatic heterocycles. The zero-order valence-corrected chi connectivity index (χ0v) is 23.5. The Bertz CT molecular complexity index is 616. The standard InChI is InChI=1S/C14H28O4.C14H26O3/c1-5-6-14(3,4)9-10(2)12(16)7-11(15)8-13(17)18;1-5-6-14(3,4)9-10(2)12-7-11(15)8-13(16)17-12/h10-12,15-16H,5-9H2,1-4H3,(H,17,18);10-12,15H,5-9H2,1-4H3/t2*10?,11-,12+/m11/s1. The van der Waals surface area contributed by atoms with Crippen LogP contribution in [-0.2, 0) is 14.3 Å². The summed E-state index contributed by atoms with van der Waals surface area (Å²) in [6.45, 7) is 17.3. The number of cyclic esters (lactones) is 1. The number of rotatable bonds is 14. The van der Waals surface area contributed by atoms with Crippen LogP contribution in [0.2, 0.25) is 0 Å². The van der Waals surface area contributed by atoms with Gasteiger partial charge in [0.05, 0.1) is 31.2 Å². The van der Waals surface area contributed by atoms with Crippen molar-refractivity contribution in [3.8, 4) is 0 Å². The van der Waals surface area contributed by atoms with E-state index < -0.39 is 24.3 Å². The first-order chi connectivity index (χ1) is 16.0. The van der Waals surface area contributed by atoms with Crippen molar-refractivity contribution in [2.24, 2.45) is 22.7 Å². The second kappa shape index (κ2) is 15.8. The van der Waals surface area contributed by atoms with Crippen LogP contribution in [0.15, 0.2) is 0 Å². The molecule has 0 aromatic rings. The average Bonchev–Trinajstić information content (AvgIpc) is 2.66. The minimum atomic E-state index is -1.03. The molecule has 6 atom stereocenters. The number of aliphatic hydroxyl groups excluding tert-OH is 3. The van der Waals surface area contributed by atoms with Crippen molar-refractivity contribution in [2.75, 3.05) is 0 Å². The van der Waals surface area contributed by atoms with Gasteiger partial charge in [0, 0.05) is 12.8 Å². The Balaban J connectivity index is 0.000000661. The van der Waals surface area contributed by atoms with Gasteiger partial charge in [-0.15, -0.1) is 0 Å². The summed E-state index contributed by atoms with van der Waals surface area (Å²) in [7, 11) is 0. The van der Waals surface area contributed by atoms with Crippen LogP contribution < -0.4 is 0 Å². The Hall–Kier alpha value is -1.18. The minimum Gasteiger partial charge on any atom is -0.481 e. The monoisotopic (exact) mass is 502 g/mol. The van der Waals surface area contributed by atoms with E-state index in [1.807, 2.05) is 6.92 Å². The van der Waals surface area contributed by atoms with Crippen molar-refractivity contribution in [3.63, 3.8) is 0 Å². The van der Waals surface area contributed by atoms with E-state index in [1.54, 1.807) is 0 Å². The van der Waals surface area contributed by atoms with E-state index in [-0.39, 0.29) is 48.1 Å². The van der Waals surface area contributed by atoms with Gasteiger partial charge in [-0.05, 0) is 48.3 Å². The number of hydrogen-bond donors (Lipinski definition) is 4. The Kier molecular flexibility index (Phi) is 15.3. The van der Waals surface area contributed by atoms with Crippen molar-refractivity contribution in [3.05, 3.63) is 0 Å². The molecule has 0 radical (unpaired) electrons. The molecular weight excluding hydrogens is 448 g/mol. The number of hydrogen-bond acceptors (Lipinski definition) is 6. The van der Waals surface area contributed by atoms with Crippen molar-refractivity contribution < 1.29 is 34.8 Å². The molecule has 0 aromatic carbocycles. The lowest BCUT2D eigenvalue weighted by atomic mass is 9.77. The van der Waals surface area contributed by atoms with Crippen LogP contribution in [0.3, 0.4) is 0 Å². The molecule has 7 heteroatoms. The summed E-state index contributed by atoms with van der Waals surface area (Å²) in [6.07, 6.45) is 4.82. The normalized spacial score (nSPS) is 22.3. The average molecular weight is 503 g/mol. The molecule has 1 fully saturated rings. The molecule has 4 N–H and O–H groups in total. The maximum atomic E-state index is 11.3. The fourth-order valence-corrected chi connectivity index (χ4v) is 5.52. The van der Waals surface area contributed by atoms with Gasteiger partial charge in [-0.3, -0.25) is 9.59 Å². The first-order valence-electron chi connectivity index (χ1n) is 13.5. The van der Waals surface area contributed by atoms with E-state index in [4.69, 9.17) is 9.84 Å². The Morgan fingerprint density at radius 1 is 1.03 bits per heavy atom. The molecule has 1 saturated heterocycles. The molecule has 0 bridgehead atoms. The van der Waals surface area contributed by atoms with E-state index in [9.17, 15) is 24.9 Å². The van der Waals surface area contributed by atoms with Gasteiger partial charge < -0.3 is 25.2 Å². The molecule has 0 aliphatic carbocycles. The van der Waals surface area contributed by atoms with Crippen LogP contribution in [0.25, 0.3) is 0 Å². The summed E-state index contributed by atoms with van der Waals surface area (Å²) in [5.41, 5.74) is 0.454. The second-order valence-corrected chi connectivity index (χ2v) is 12.4. The van der Waals surface area contributed by atoms with Crippen LogP contribution in [0.4, 0.5) is 0 Å². The zero-order valence-electron chi connectivity index (χ0n) is 23.5. The van der Waals surface area contributed by atoms with E-state index in [1.165, 1.54) is 12.8 Å². The van der Waals surface area contributed by atoms with Crippen LogP contribution >= 0.6 is 0 Å². The molecule has 0 aromatic heterocycles. The lowest BCUT2D eigenvalue weighted by Gasteiger charge is -2.35. The summed E-state index contributed by atoms with van der Waals surface area (Å²) < 4.78 is 5.34. The molecule has 208 valence electrons. The molecule has 0 amide bonds. The quantitative estimate of drug-likeness (QED) is 0.237. The van der Waals surface area contributed by atoms with E-state index in [0.717, 1.165) is 25.7 Å². The molecule has 0 saturated carbocycles. The SMILES string of the molecule is CCCC(C)(C)CC(C)[C@@H](O)C[C@@H](O)CC(=O)O.CCCC(C)(C)CC(C)[C@@H]1C[C@@H](O)CC(=O)O1. The molecule has 0 spiro atoms. The predicted molar refractivity (Wildman–Crippen MR) is 139 cm³/mol. The molecule has 35 heavy (non-hydrogen) atoms. The van der Waals surface area contributed by atoms with Crippen LogP contribution in [-0.4, -0.2) is 56.8 Å². The first kappa shape index (κ1) is 33.8. The highest BCUT2D eigenvalue weighted by atomic mass is 16.5. The number of aliphatic hydroxyl groups is 3. The second-order valence-electron chi connectivity index (χ2n) is 12.4. The highest BCUT2D eigenvalue weighted by Gasteiger charge is 2.33. The van der Waals surface area contributed by atoms with Gasteiger partial charge in [0.1, 0.15) is 6.10 Å². The van der Waals surface area contributed by atoms with Gasteiger partial charge >= 0.3 is 11.9 Å². The van der Waals surface area contributed by atoms with Crippen molar-refractivity contribution in [1.82, 2.24) is 0 Å². The van der Waals surface area contributed by atoms with Crippen LogP contribution in [0.1, 0.15) is 120 Å². The van der Waals surface area contributed by atoms with Gasteiger partial charge in [-0.1, -0.05) is 68.2 Å². The molecule has 1 heterocycles. The number of carboxylic acids is 1. The van der Waals surface area contributed by atoms with Gasteiger partial charge in [0.25, 0.3) is 0 Å². The summed E-state index contributed by atoms with van der Waals surface area (Å²) in [4.78, 5) is 21.7. The fraction of sp³-hybridized carbons (Fsp3) is 0.929. The molecular formula is C28H54O7. The van der Waals surface area contributed by atoms with Crippen LogP contribution in [0.5, 0.6) is 0 Å². The summed E-state index contributed by atoms with van der Waals surface area (Å²) >= 11 is 0. The third kappa shape index (κ3) is 15.5. The molecule has 1 aliphatic rings. The number of ether oxygens (including phenoxy) is 1. The van der Waals surface area contributed by atoms with Gasteiger partial charge in [0.2, 0.25) is 0 Å². The largest absolute Gasteiger partial charge is 0.481 e. The summed E-state index contributed by atoms with van der Waals surface area (Å²) in [6, 6.07) is 0. The number of carbonyl (C=O) groups excluding carboxylic acids is 1. The van der Waals surface area contributed by atoms with Gasteiger partial charge in [-0.25, -0.2) is 0 Å².